The number of ether oxygens (including phenoxy) is 1. The minimum Gasteiger partial charge on any atom is -0.462 e. The fourth-order valence-electron chi connectivity index (χ4n) is 1.78. The monoisotopic (exact) mass is 475 g/mol. The zero-order valence-corrected chi connectivity index (χ0v) is 16.7. The van der Waals surface area contributed by atoms with Crippen molar-refractivity contribution in [3.05, 3.63) is 44.0 Å². The van der Waals surface area contributed by atoms with Gasteiger partial charge in [-0.1, -0.05) is 23.5 Å². The first-order chi connectivity index (χ1) is 11.4. The van der Waals surface area contributed by atoms with E-state index in [1.165, 1.54) is 0 Å². The normalized spacial score (nSPS) is 10.1. The fourth-order valence-corrected chi connectivity index (χ4v) is 3.53. The summed E-state index contributed by atoms with van der Waals surface area (Å²) in [5.74, 6) is -0.731. The van der Waals surface area contributed by atoms with Crippen LogP contribution in [0.1, 0.15) is 32.6 Å². The summed E-state index contributed by atoms with van der Waals surface area (Å²) in [6, 6.07) is 7.18. The van der Waals surface area contributed by atoms with Crippen LogP contribution < -0.4 is 10.6 Å². The highest BCUT2D eigenvalue weighted by Crippen LogP contribution is 2.23. The highest BCUT2D eigenvalue weighted by Gasteiger charge is 2.17. The Morgan fingerprint density at radius 1 is 1.38 bits per heavy atom. The minimum absolute atomic E-state index is 0.115. The number of carbonyl (C=O) groups excluding carboxylic acids is 2. The average molecular weight is 475 g/mol. The van der Waals surface area contributed by atoms with Crippen LogP contribution in [0.25, 0.3) is 0 Å². The first-order valence-corrected chi connectivity index (χ1v) is 9.24. The third-order valence-corrected chi connectivity index (χ3v) is 5.02. The number of nitrogens with one attached hydrogen (secondary N) is 2. The smallest absolute Gasteiger partial charge is 0.350 e. The summed E-state index contributed by atoms with van der Waals surface area (Å²) in [4.78, 5) is 28.6. The van der Waals surface area contributed by atoms with Crippen LogP contribution in [-0.4, -0.2) is 28.6 Å². The number of carbonyl (C=O) groups is 2. The van der Waals surface area contributed by atoms with Crippen molar-refractivity contribution in [2.24, 2.45) is 0 Å². The van der Waals surface area contributed by atoms with Gasteiger partial charge >= 0.3 is 5.97 Å². The fraction of sp³-hybridized carbons (Fsp3) is 0.200. The molecule has 0 aliphatic heterocycles. The number of hydrogen-bond donors (Lipinski definition) is 2. The standard InChI is InChI=1S/C15H14IN3O3S2/c1-3-22-13(21)11-8(2)17-15(24-11)19-14(23)18-12(20)9-6-4-5-7-10(9)16/h4-7H,3H2,1-2H3,(H2,17,18,19,20,23). The number of aromatic nitrogens is 1. The van der Waals surface area contributed by atoms with Crippen molar-refractivity contribution in [3.8, 4) is 0 Å². The molecule has 1 heterocycles. The first kappa shape index (κ1) is 18.7. The van der Waals surface area contributed by atoms with Gasteiger partial charge < -0.3 is 10.1 Å². The number of amides is 1. The number of nitrogens with zero attached hydrogens (tertiary/aromatic N) is 1. The molecule has 126 valence electrons. The summed E-state index contributed by atoms with van der Waals surface area (Å²) < 4.78 is 5.79. The Balaban J connectivity index is 2.03. The Labute approximate surface area is 162 Å². The molecule has 0 aliphatic rings. The Kier molecular flexibility index (Phi) is 6.63. The highest BCUT2D eigenvalue weighted by atomic mass is 127. The second kappa shape index (κ2) is 8.49. The van der Waals surface area contributed by atoms with Gasteiger partial charge in [0.1, 0.15) is 4.88 Å². The molecule has 0 spiro atoms. The predicted octanol–water partition coefficient (Wildman–Crippen LogP) is 3.36. The van der Waals surface area contributed by atoms with Gasteiger partial charge in [-0.2, -0.15) is 0 Å². The maximum absolute atomic E-state index is 12.2. The summed E-state index contributed by atoms with van der Waals surface area (Å²) in [6.07, 6.45) is 0. The molecule has 0 bridgehead atoms. The van der Waals surface area contributed by atoms with Gasteiger partial charge in [-0.05, 0) is 60.8 Å². The molecule has 0 saturated heterocycles. The second-order valence-electron chi connectivity index (χ2n) is 4.54. The van der Waals surface area contributed by atoms with Crippen LogP contribution in [0.5, 0.6) is 0 Å². The van der Waals surface area contributed by atoms with Crippen LogP contribution in [-0.2, 0) is 4.74 Å². The van der Waals surface area contributed by atoms with Gasteiger partial charge in [-0.15, -0.1) is 0 Å². The molecule has 0 unspecified atom stereocenters. The lowest BCUT2D eigenvalue weighted by atomic mass is 10.2. The topological polar surface area (TPSA) is 80.3 Å². The van der Waals surface area contributed by atoms with E-state index in [4.69, 9.17) is 17.0 Å². The van der Waals surface area contributed by atoms with Crippen LogP contribution in [0.4, 0.5) is 5.13 Å². The Hall–Kier alpha value is -1.59. The SMILES string of the molecule is CCOC(=O)c1sc(NC(=S)NC(=O)c2ccccc2I)nc1C. The number of rotatable bonds is 4. The van der Waals surface area contributed by atoms with Gasteiger partial charge in [-0.25, -0.2) is 9.78 Å². The number of esters is 1. The molecule has 0 fully saturated rings. The Bertz CT molecular complexity index is 792. The molecule has 1 aromatic carbocycles. The van der Waals surface area contributed by atoms with Crippen molar-refractivity contribution in [2.75, 3.05) is 11.9 Å². The molecule has 6 nitrogen and oxygen atoms in total. The maximum atomic E-state index is 12.2. The van der Waals surface area contributed by atoms with Crippen LogP contribution in [0.2, 0.25) is 0 Å². The number of halogens is 1. The van der Waals surface area contributed by atoms with E-state index in [0.29, 0.717) is 27.9 Å². The van der Waals surface area contributed by atoms with Crippen LogP contribution in [0.15, 0.2) is 24.3 Å². The predicted molar refractivity (Wildman–Crippen MR) is 106 cm³/mol. The van der Waals surface area contributed by atoms with Gasteiger partial charge in [0.15, 0.2) is 10.2 Å². The summed E-state index contributed by atoms with van der Waals surface area (Å²) >= 11 is 8.34. The molecular formula is C15H14IN3O3S2. The second-order valence-corrected chi connectivity index (χ2v) is 7.11. The molecule has 2 N–H and O–H groups in total. The van der Waals surface area contributed by atoms with Gasteiger partial charge in [0, 0.05) is 3.57 Å². The van der Waals surface area contributed by atoms with Gasteiger partial charge in [0.05, 0.1) is 17.9 Å². The summed E-state index contributed by atoms with van der Waals surface area (Å²) in [6.45, 7) is 3.74. The molecule has 1 amide bonds. The van der Waals surface area contributed by atoms with E-state index in [1.807, 2.05) is 12.1 Å². The van der Waals surface area contributed by atoms with Crippen LogP contribution in [0.3, 0.4) is 0 Å². The number of aryl methyl sites for hydroxylation is 1. The van der Waals surface area contributed by atoms with E-state index < -0.39 is 5.97 Å². The van der Waals surface area contributed by atoms with Crippen molar-refractivity contribution >= 4 is 68.3 Å². The number of hydrogen-bond acceptors (Lipinski definition) is 6. The number of thiocarbonyl (C=S) groups is 1. The van der Waals surface area contributed by atoms with Crippen molar-refractivity contribution in [2.45, 2.75) is 13.8 Å². The summed E-state index contributed by atoms with van der Waals surface area (Å²) in [5.41, 5.74) is 1.08. The Morgan fingerprint density at radius 2 is 2.08 bits per heavy atom. The zero-order valence-electron chi connectivity index (χ0n) is 12.9. The molecular weight excluding hydrogens is 461 g/mol. The maximum Gasteiger partial charge on any atom is 0.350 e. The third kappa shape index (κ3) is 4.71. The van der Waals surface area contributed by atoms with Crippen molar-refractivity contribution < 1.29 is 14.3 Å². The lowest BCUT2D eigenvalue weighted by Crippen LogP contribution is -2.34. The lowest BCUT2D eigenvalue weighted by Gasteiger charge is -2.08. The summed E-state index contributed by atoms with van der Waals surface area (Å²) in [7, 11) is 0. The lowest BCUT2D eigenvalue weighted by molar-refractivity contribution is 0.0531. The molecule has 0 saturated carbocycles. The van der Waals surface area contributed by atoms with E-state index in [-0.39, 0.29) is 11.0 Å². The quantitative estimate of drug-likeness (QED) is 0.401. The first-order valence-electron chi connectivity index (χ1n) is 6.93. The average Bonchev–Trinajstić information content (AvgIpc) is 2.88. The number of benzene rings is 1. The molecule has 0 atom stereocenters. The van der Waals surface area contributed by atoms with E-state index in [2.05, 4.69) is 38.2 Å². The molecule has 9 heteroatoms. The highest BCUT2D eigenvalue weighted by molar-refractivity contribution is 14.1. The molecule has 2 rings (SSSR count). The van der Waals surface area contributed by atoms with Crippen LogP contribution in [0, 0.1) is 10.5 Å². The third-order valence-electron chi connectivity index (χ3n) is 2.82. The van der Waals surface area contributed by atoms with E-state index in [9.17, 15) is 9.59 Å². The van der Waals surface area contributed by atoms with Gasteiger partial charge in [0.2, 0.25) is 0 Å². The van der Waals surface area contributed by atoms with E-state index >= 15 is 0 Å². The largest absolute Gasteiger partial charge is 0.462 e. The molecule has 0 radical (unpaired) electrons. The van der Waals surface area contributed by atoms with Gasteiger partial charge in [-0.3, -0.25) is 10.1 Å². The number of thiazole rings is 1. The van der Waals surface area contributed by atoms with E-state index in [1.54, 1.807) is 26.0 Å². The van der Waals surface area contributed by atoms with Crippen molar-refractivity contribution in [1.82, 2.24) is 10.3 Å². The van der Waals surface area contributed by atoms with Gasteiger partial charge in [0.25, 0.3) is 5.91 Å². The molecule has 0 aliphatic carbocycles. The molecule has 1 aromatic heterocycles. The Morgan fingerprint density at radius 3 is 2.75 bits per heavy atom. The number of anilines is 1. The molecule has 2 aromatic rings. The summed E-state index contributed by atoms with van der Waals surface area (Å²) in [5, 5.41) is 5.95. The van der Waals surface area contributed by atoms with Crippen molar-refractivity contribution in [1.29, 1.82) is 0 Å². The van der Waals surface area contributed by atoms with Crippen LogP contribution >= 0.6 is 46.1 Å². The zero-order chi connectivity index (χ0) is 17.7. The van der Waals surface area contributed by atoms with E-state index in [0.717, 1.165) is 14.9 Å². The molecule has 24 heavy (non-hydrogen) atoms. The minimum atomic E-state index is -0.422. The van der Waals surface area contributed by atoms with Crippen molar-refractivity contribution in [3.63, 3.8) is 0 Å².